The van der Waals surface area contributed by atoms with E-state index in [-0.39, 0.29) is 22.2 Å². The highest BCUT2D eigenvalue weighted by Gasteiger charge is 2.38. The molecule has 0 saturated heterocycles. The highest BCUT2D eigenvalue weighted by Crippen LogP contribution is 2.38. The molecule has 0 spiro atoms. The third-order valence-corrected chi connectivity index (χ3v) is 5.43. The molecule has 0 atom stereocenters. The van der Waals surface area contributed by atoms with Crippen LogP contribution in [0.4, 0.5) is 13.2 Å². The first kappa shape index (κ1) is 21.9. The fourth-order valence-electron chi connectivity index (χ4n) is 3.59. The summed E-state index contributed by atoms with van der Waals surface area (Å²) >= 11 is 6.02. The van der Waals surface area contributed by atoms with E-state index >= 15 is 0 Å². The van der Waals surface area contributed by atoms with Crippen molar-refractivity contribution in [3.63, 3.8) is 0 Å². The van der Waals surface area contributed by atoms with Crippen LogP contribution in [0.5, 0.6) is 5.88 Å². The fourth-order valence-corrected chi connectivity index (χ4v) is 3.85. The van der Waals surface area contributed by atoms with Gasteiger partial charge in [0.05, 0.1) is 34.0 Å². The molecule has 0 unspecified atom stereocenters. The van der Waals surface area contributed by atoms with Crippen molar-refractivity contribution >= 4 is 23.4 Å². The fraction of sp³-hybridized carbons (Fsp3) is 0.227. The number of fused-ring (bicyclic) bond motifs is 1. The lowest BCUT2D eigenvalue weighted by Gasteiger charge is -2.13. The number of aromatic nitrogens is 2. The van der Waals surface area contributed by atoms with Crippen LogP contribution in [0.15, 0.2) is 42.5 Å². The number of alkyl halides is 3. The number of hydrogen-bond acceptors (Lipinski definition) is 4. The van der Waals surface area contributed by atoms with Gasteiger partial charge in [-0.2, -0.15) is 18.3 Å². The monoisotopic (exact) mass is 464 g/mol. The molecule has 166 valence electrons. The molecule has 32 heavy (non-hydrogen) atoms. The summed E-state index contributed by atoms with van der Waals surface area (Å²) in [5, 5.41) is 13.1. The molecule has 4 rings (SSSR count). The molecule has 0 fully saturated rings. The van der Waals surface area contributed by atoms with Crippen LogP contribution in [0, 0.1) is 0 Å². The van der Waals surface area contributed by atoms with Crippen molar-refractivity contribution in [3.8, 4) is 11.6 Å². The van der Waals surface area contributed by atoms with Crippen LogP contribution < -0.4 is 4.74 Å². The Morgan fingerprint density at radius 1 is 1.09 bits per heavy atom. The molecule has 0 radical (unpaired) electrons. The molecule has 3 aromatic rings. The van der Waals surface area contributed by atoms with Gasteiger partial charge in [0.25, 0.3) is 0 Å². The average molecular weight is 465 g/mol. The topological polar surface area (TPSA) is 81.4 Å². The second-order valence-corrected chi connectivity index (χ2v) is 7.60. The number of benzene rings is 2. The van der Waals surface area contributed by atoms with Crippen molar-refractivity contribution in [1.82, 2.24) is 9.78 Å². The second kappa shape index (κ2) is 8.31. The summed E-state index contributed by atoms with van der Waals surface area (Å²) in [6.07, 6.45) is -3.04. The lowest BCUT2D eigenvalue weighted by molar-refractivity contribution is -0.137. The first-order chi connectivity index (χ1) is 15.2. The van der Waals surface area contributed by atoms with Crippen molar-refractivity contribution in [2.75, 3.05) is 6.61 Å². The number of ether oxygens (including phenoxy) is 1. The van der Waals surface area contributed by atoms with E-state index in [2.05, 4.69) is 5.10 Å². The maximum absolute atomic E-state index is 13.6. The first-order valence-corrected chi connectivity index (χ1v) is 10.0. The zero-order valence-electron chi connectivity index (χ0n) is 16.4. The van der Waals surface area contributed by atoms with Gasteiger partial charge in [0.1, 0.15) is 5.69 Å². The number of ketones is 1. The smallest absolute Gasteiger partial charge is 0.417 e. The number of carbonyl (C=O) groups excluding carboxylic acids is 1. The molecule has 1 aliphatic rings. The number of carboxylic acid groups (broad SMARTS) is 1. The van der Waals surface area contributed by atoms with Gasteiger partial charge in [-0.1, -0.05) is 17.7 Å². The zero-order valence-corrected chi connectivity index (χ0v) is 17.2. The lowest BCUT2D eigenvalue weighted by atomic mass is 9.97. The standard InChI is InChI=1S/C22H16ClF3N2O4/c23-16-6-3-5-15(22(24,25)26)17(16)19(29)18-14-4-1-2-11-32-20(14)28(27-18)13-9-7-12(8-10-13)21(30)31/h3,5-10H,1-2,4,11H2,(H,30,31). The number of carbonyl (C=O) groups is 2. The number of halogens is 4. The Morgan fingerprint density at radius 3 is 2.47 bits per heavy atom. The molecule has 2 aromatic carbocycles. The summed E-state index contributed by atoms with van der Waals surface area (Å²) < 4.78 is 47.8. The van der Waals surface area contributed by atoms with Gasteiger partial charge in [-0.15, -0.1) is 0 Å². The third-order valence-electron chi connectivity index (χ3n) is 5.12. The van der Waals surface area contributed by atoms with E-state index in [1.54, 1.807) is 0 Å². The minimum absolute atomic E-state index is 0.0510. The third kappa shape index (κ3) is 3.95. The Bertz CT molecular complexity index is 1200. The normalized spacial score (nSPS) is 13.8. The molecule has 0 amide bonds. The Hall–Kier alpha value is -3.33. The maximum Gasteiger partial charge on any atom is 0.417 e. The Morgan fingerprint density at radius 2 is 1.81 bits per heavy atom. The quantitative estimate of drug-likeness (QED) is 0.537. The van der Waals surface area contributed by atoms with E-state index in [1.807, 2.05) is 0 Å². The summed E-state index contributed by atoms with van der Waals surface area (Å²) in [4.78, 5) is 24.4. The molecule has 1 aromatic heterocycles. The van der Waals surface area contributed by atoms with Gasteiger partial charge < -0.3 is 9.84 Å². The molecular weight excluding hydrogens is 449 g/mol. The highest BCUT2D eigenvalue weighted by atomic mass is 35.5. The van der Waals surface area contributed by atoms with E-state index in [0.717, 1.165) is 12.1 Å². The summed E-state index contributed by atoms with van der Waals surface area (Å²) in [5.41, 5.74) is -1.14. The van der Waals surface area contributed by atoms with Gasteiger partial charge in [-0.3, -0.25) is 4.79 Å². The van der Waals surface area contributed by atoms with E-state index < -0.39 is 29.1 Å². The number of hydrogen-bond donors (Lipinski definition) is 1. The van der Waals surface area contributed by atoms with Gasteiger partial charge in [0.2, 0.25) is 11.7 Å². The van der Waals surface area contributed by atoms with Crippen molar-refractivity contribution in [2.45, 2.75) is 25.4 Å². The molecule has 0 aliphatic carbocycles. The van der Waals surface area contributed by atoms with Gasteiger partial charge >= 0.3 is 12.1 Å². The largest absolute Gasteiger partial charge is 0.478 e. The molecule has 0 bridgehead atoms. The Kier molecular flexibility index (Phi) is 5.68. The van der Waals surface area contributed by atoms with E-state index in [4.69, 9.17) is 21.4 Å². The average Bonchev–Trinajstić information content (AvgIpc) is 2.93. The number of carboxylic acids is 1. The van der Waals surface area contributed by atoms with Crippen LogP contribution in [0.3, 0.4) is 0 Å². The summed E-state index contributed by atoms with van der Waals surface area (Å²) in [7, 11) is 0. The molecule has 2 heterocycles. The van der Waals surface area contributed by atoms with Crippen LogP contribution >= 0.6 is 11.6 Å². The second-order valence-electron chi connectivity index (χ2n) is 7.19. The van der Waals surface area contributed by atoms with Crippen molar-refractivity contribution in [3.05, 3.63) is 75.4 Å². The van der Waals surface area contributed by atoms with E-state index in [9.17, 15) is 22.8 Å². The molecule has 0 saturated carbocycles. The summed E-state index contributed by atoms with van der Waals surface area (Å²) in [5.74, 6) is -1.82. The van der Waals surface area contributed by atoms with E-state index in [0.29, 0.717) is 37.1 Å². The van der Waals surface area contributed by atoms with Crippen LogP contribution in [0.25, 0.3) is 5.69 Å². The molecule has 6 nitrogen and oxygen atoms in total. The highest BCUT2D eigenvalue weighted by molar-refractivity contribution is 6.35. The number of nitrogens with zero attached hydrogens (tertiary/aromatic N) is 2. The molecule has 1 aliphatic heterocycles. The summed E-state index contributed by atoms with van der Waals surface area (Å²) in [6, 6.07) is 8.84. The first-order valence-electron chi connectivity index (χ1n) is 9.67. The maximum atomic E-state index is 13.6. The molecular formula is C22H16ClF3N2O4. The van der Waals surface area contributed by atoms with Gasteiger partial charge in [-0.25, -0.2) is 9.48 Å². The van der Waals surface area contributed by atoms with Gasteiger partial charge in [0.15, 0.2) is 0 Å². The van der Waals surface area contributed by atoms with Crippen LogP contribution in [-0.2, 0) is 12.6 Å². The van der Waals surface area contributed by atoms with E-state index in [1.165, 1.54) is 35.0 Å². The van der Waals surface area contributed by atoms with Crippen molar-refractivity contribution in [1.29, 1.82) is 0 Å². The number of aromatic carboxylic acids is 1. The Labute approximate surface area is 185 Å². The van der Waals surface area contributed by atoms with Gasteiger partial charge in [-0.05, 0) is 55.7 Å². The zero-order chi connectivity index (χ0) is 23.0. The minimum Gasteiger partial charge on any atom is -0.478 e. The SMILES string of the molecule is O=C(O)c1ccc(-n2nc(C(=O)c3c(Cl)cccc3C(F)(F)F)c3c2OCCCC3)cc1. The van der Waals surface area contributed by atoms with Crippen molar-refractivity contribution in [2.24, 2.45) is 0 Å². The van der Waals surface area contributed by atoms with Crippen LogP contribution in [-0.4, -0.2) is 33.2 Å². The predicted molar refractivity (Wildman–Crippen MR) is 109 cm³/mol. The minimum atomic E-state index is -4.78. The van der Waals surface area contributed by atoms with Gasteiger partial charge in [0, 0.05) is 5.56 Å². The predicted octanol–water partition coefficient (Wildman–Crippen LogP) is 5.19. The molecule has 10 heteroatoms. The molecule has 1 N–H and O–H groups in total. The Balaban J connectivity index is 1.88. The van der Waals surface area contributed by atoms with Crippen molar-refractivity contribution < 1.29 is 32.6 Å². The van der Waals surface area contributed by atoms with Crippen LogP contribution in [0.2, 0.25) is 5.02 Å². The van der Waals surface area contributed by atoms with Crippen LogP contribution in [0.1, 0.15) is 50.4 Å². The number of rotatable bonds is 4. The summed E-state index contributed by atoms with van der Waals surface area (Å²) in [6.45, 7) is 0.347. The lowest BCUT2D eigenvalue weighted by Crippen LogP contribution is -2.16.